The van der Waals surface area contributed by atoms with Crippen LogP contribution in [0.4, 0.5) is 0 Å². The van der Waals surface area contributed by atoms with Crippen LogP contribution >= 0.6 is 0 Å². The minimum Gasteiger partial charge on any atom is -0.379 e. The Bertz CT molecular complexity index is 1060. The van der Waals surface area contributed by atoms with Crippen LogP contribution in [0.25, 0.3) is 0 Å². The Kier molecular flexibility index (Phi) is 7.80. The molecule has 0 aromatic heterocycles. The monoisotopic (exact) mass is 471 g/mol. The van der Waals surface area contributed by atoms with Gasteiger partial charge in [0.2, 0.25) is 10.0 Å². The molecule has 2 aliphatic rings. The average molecular weight is 472 g/mol. The molecule has 0 saturated carbocycles. The lowest BCUT2D eigenvalue weighted by Gasteiger charge is -2.26. The molecule has 0 unspecified atom stereocenters. The molecular formula is C25H33N3O4S. The molecule has 2 aromatic carbocycles. The largest absolute Gasteiger partial charge is 0.379 e. The van der Waals surface area contributed by atoms with Crippen LogP contribution in [0.5, 0.6) is 0 Å². The molecule has 33 heavy (non-hydrogen) atoms. The Labute approximate surface area is 196 Å². The summed E-state index contributed by atoms with van der Waals surface area (Å²) in [6.45, 7) is 6.92. The van der Waals surface area contributed by atoms with Crippen LogP contribution in [0, 0.1) is 6.92 Å². The zero-order chi connectivity index (χ0) is 23.3. The second-order valence-corrected chi connectivity index (χ2v) is 10.8. The van der Waals surface area contributed by atoms with E-state index in [4.69, 9.17) is 4.74 Å². The number of nitrogens with one attached hydrogen (secondary N) is 1. The van der Waals surface area contributed by atoms with E-state index in [9.17, 15) is 13.2 Å². The van der Waals surface area contributed by atoms with Crippen LogP contribution < -0.4 is 5.32 Å². The molecule has 2 fully saturated rings. The highest BCUT2D eigenvalue weighted by atomic mass is 32.2. The summed E-state index contributed by atoms with van der Waals surface area (Å²) in [7, 11) is -3.65. The maximum Gasteiger partial charge on any atom is 0.251 e. The first-order chi connectivity index (χ1) is 15.9. The van der Waals surface area contributed by atoms with E-state index in [1.54, 1.807) is 12.1 Å². The normalized spacial score (nSPS) is 18.2. The first kappa shape index (κ1) is 23.9. The van der Waals surface area contributed by atoms with Gasteiger partial charge in [0.05, 0.1) is 18.1 Å². The molecule has 2 aliphatic heterocycles. The van der Waals surface area contributed by atoms with Gasteiger partial charge in [-0.05, 0) is 61.7 Å². The molecular weight excluding hydrogens is 438 g/mol. The number of nitrogens with zero attached hydrogens (tertiary/aromatic N) is 2. The van der Waals surface area contributed by atoms with Gasteiger partial charge < -0.3 is 10.1 Å². The quantitative estimate of drug-likeness (QED) is 0.672. The van der Waals surface area contributed by atoms with E-state index in [2.05, 4.69) is 22.3 Å². The molecule has 2 aromatic rings. The van der Waals surface area contributed by atoms with Gasteiger partial charge in [-0.1, -0.05) is 36.8 Å². The van der Waals surface area contributed by atoms with Crippen molar-refractivity contribution in [1.82, 2.24) is 14.5 Å². The van der Waals surface area contributed by atoms with Crippen LogP contribution in [-0.2, 0) is 27.8 Å². The number of rotatable bonds is 7. The van der Waals surface area contributed by atoms with E-state index in [1.165, 1.54) is 35.2 Å². The Morgan fingerprint density at radius 3 is 2.30 bits per heavy atom. The van der Waals surface area contributed by atoms with Gasteiger partial charge in [-0.2, -0.15) is 4.31 Å². The minimum atomic E-state index is -3.65. The van der Waals surface area contributed by atoms with Gasteiger partial charge in [-0.25, -0.2) is 8.42 Å². The number of ether oxygens (including phenoxy) is 1. The Morgan fingerprint density at radius 2 is 1.61 bits per heavy atom. The van der Waals surface area contributed by atoms with E-state index >= 15 is 0 Å². The average Bonchev–Trinajstić information content (AvgIpc) is 2.85. The van der Waals surface area contributed by atoms with E-state index in [1.807, 2.05) is 19.1 Å². The number of hydrogen-bond donors (Lipinski definition) is 1. The van der Waals surface area contributed by atoms with Crippen molar-refractivity contribution in [3.8, 4) is 0 Å². The van der Waals surface area contributed by atoms with E-state index in [0.717, 1.165) is 30.8 Å². The van der Waals surface area contributed by atoms with Crippen molar-refractivity contribution in [2.24, 2.45) is 0 Å². The lowest BCUT2D eigenvalue weighted by molar-refractivity contribution is 0.0730. The molecule has 1 N–H and O–H groups in total. The highest BCUT2D eigenvalue weighted by molar-refractivity contribution is 7.89. The number of morpholine rings is 1. The Balaban J connectivity index is 1.38. The van der Waals surface area contributed by atoms with Gasteiger partial charge in [0.1, 0.15) is 0 Å². The summed E-state index contributed by atoms with van der Waals surface area (Å²) in [4.78, 5) is 15.5. The van der Waals surface area contributed by atoms with E-state index < -0.39 is 10.0 Å². The van der Waals surface area contributed by atoms with Crippen LogP contribution in [-0.4, -0.2) is 62.9 Å². The lowest BCUT2D eigenvalue weighted by Crippen LogP contribution is -2.40. The molecule has 8 heteroatoms. The summed E-state index contributed by atoms with van der Waals surface area (Å²) in [5.41, 5.74) is 3.42. The Morgan fingerprint density at radius 1 is 0.939 bits per heavy atom. The van der Waals surface area contributed by atoms with Crippen LogP contribution in [0.2, 0.25) is 0 Å². The van der Waals surface area contributed by atoms with Crippen LogP contribution in [0.3, 0.4) is 0 Å². The van der Waals surface area contributed by atoms with Crippen molar-refractivity contribution in [3.63, 3.8) is 0 Å². The zero-order valence-corrected chi connectivity index (χ0v) is 20.1. The molecule has 1 amide bonds. The molecule has 0 aliphatic carbocycles. The maximum atomic E-state index is 13.0. The predicted molar refractivity (Wildman–Crippen MR) is 127 cm³/mol. The van der Waals surface area contributed by atoms with Gasteiger partial charge >= 0.3 is 0 Å². The number of aryl methyl sites for hydroxylation is 1. The summed E-state index contributed by atoms with van der Waals surface area (Å²) < 4.78 is 32.6. The van der Waals surface area contributed by atoms with E-state index in [0.29, 0.717) is 38.4 Å². The van der Waals surface area contributed by atoms with Crippen molar-refractivity contribution in [1.29, 1.82) is 0 Å². The molecule has 2 saturated heterocycles. The third-order valence-corrected chi connectivity index (χ3v) is 8.29. The molecule has 2 heterocycles. The number of benzene rings is 2. The van der Waals surface area contributed by atoms with Crippen molar-refractivity contribution < 1.29 is 17.9 Å². The van der Waals surface area contributed by atoms with Gasteiger partial charge in [-0.3, -0.25) is 9.69 Å². The predicted octanol–water partition coefficient (Wildman–Crippen LogP) is 2.93. The number of sulfonamides is 1. The molecule has 0 spiro atoms. The summed E-state index contributed by atoms with van der Waals surface area (Å²) in [6.07, 6.45) is 3.88. The third kappa shape index (κ3) is 6.00. The van der Waals surface area contributed by atoms with E-state index in [-0.39, 0.29) is 10.8 Å². The van der Waals surface area contributed by atoms with Crippen molar-refractivity contribution in [2.45, 2.75) is 44.2 Å². The van der Waals surface area contributed by atoms with Crippen LogP contribution in [0.1, 0.15) is 46.3 Å². The molecule has 7 nitrogen and oxygen atoms in total. The van der Waals surface area contributed by atoms with Gasteiger partial charge in [-0.15, -0.1) is 0 Å². The van der Waals surface area contributed by atoms with Crippen LogP contribution in [0.15, 0.2) is 47.4 Å². The minimum absolute atomic E-state index is 0.141. The fourth-order valence-corrected chi connectivity index (χ4v) is 5.79. The topological polar surface area (TPSA) is 78.9 Å². The fraction of sp³-hybridized carbons (Fsp3) is 0.480. The molecule has 4 rings (SSSR count). The summed E-state index contributed by atoms with van der Waals surface area (Å²) in [5.74, 6) is -0.274. The number of carbonyl (C=O) groups is 1. The number of piperidine rings is 1. The molecule has 0 radical (unpaired) electrons. The first-order valence-electron chi connectivity index (χ1n) is 11.7. The van der Waals surface area contributed by atoms with Crippen molar-refractivity contribution >= 4 is 15.9 Å². The highest BCUT2D eigenvalue weighted by Gasteiger charge is 2.27. The zero-order valence-electron chi connectivity index (χ0n) is 19.3. The second kappa shape index (κ2) is 10.8. The summed E-state index contributed by atoms with van der Waals surface area (Å²) in [6, 6.07) is 13.1. The number of amides is 1. The summed E-state index contributed by atoms with van der Waals surface area (Å²) in [5, 5.41) is 2.94. The molecule has 178 valence electrons. The smallest absolute Gasteiger partial charge is 0.251 e. The number of carbonyl (C=O) groups excluding carboxylic acids is 1. The number of likely N-dealkylation sites (tertiary alicyclic amines) is 1. The second-order valence-electron chi connectivity index (χ2n) is 8.83. The SMILES string of the molecule is Cc1ccc(S(=O)(=O)N2CCOCC2)cc1C(=O)NCc1ccc(CN2CCCCC2)cc1. The standard InChI is InChI=1S/C25H33N3O4S/c1-20-5-10-23(33(30,31)28-13-15-32-16-14-28)17-24(20)25(29)26-18-21-6-8-22(9-7-21)19-27-11-3-2-4-12-27/h5-10,17H,2-4,11-16,18-19H2,1H3,(H,26,29). The molecule has 0 atom stereocenters. The maximum absolute atomic E-state index is 13.0. The lowest BCUT2D eigenvalue weighted by atomic mass is 10.1. The van der Waals surface area contributed by atoms with Gasteiger partial charge in [0.15, 0.2) is 0 Å². The van der Waals surface area contributed by atoms with Crippen molar-refractivity contribution in [3.05, 3.63) is 64.7 Å². The van der Waals surface area contributed by atoms with Gasteiger partial charge in [0.25, 0.3) is 5.91 Å². The summed E-state index contributed by atoms with van der Waals surface area (Å²) >= 11 is 0. The first-order valence-corrected chi connectivity index (χ1v) is 13.1. The third-order valence-electron chi connectivity index (χ3n) is 6.39. The van der Waals surface area contributed by atoms with Gasteiger partial charge in [0, 0.05) is 31.7 Å². The number of hydrogen-bond acceptors (Lipinski definition) is 5. The van der Waals surface area contributed by atoms with Crippen molar-refractivity contribution in [2.75, 3.05) is 39.4 Å². The fourth-order valence-electron chi connectivity index (χ4n) is 4.36. The molecule has 0 bridgehead atoms. The highest BCUT2D eigenvalue weighted by Crippen LogP contribution is 2.21. The Hall–Kier alpha value is -2.26.